The topological polar surface area (TPSA) is 26.0 Å². The summed E-state index contributed by atoms with van der Waals surface area (Å²) in [5.41, 5.74) is 1.91. The second-order valence-corrected chi connectivity index (χ2v) is 4.37. The van der Waals surface area contributed by atoms with E-state index in [1.807, 2.05) is 48.5 Å². The van der Waals surface area contributed by atoms with Crippen molar-refractivity contribution in [3.8, 4) is 11.3 Å². The van der Waals surface area contributed by atoms with E-state index in [-0.39, 0.29) is 0 Å². The molecule has 0 amide bonds. The first-order valence-corrected chi connectivity index (χ1v) is 5.75. The van der Waals surface area contributed by atoms with Crippen molar-refractivity contribution in [3.05, 3.63) is 53.0 Å². The van der Waals surface area contributed by atoms with E-state index in [2.05, 4.69) is 21.1 Å². The van der Waals surface area contributed by atoms with E-state index in [4.69, 9.17) is 4.52 Å². The molecule has 0 fully saturated rings. The van der Waals surface area contributed by atoms with Crippen LogP contribution in [0.5, 0.6) is 0 Å². The SMILES string of the molecule is Brc1cccc2c(-c3ccccc3)onc12. The van der Waals surface area contributed by atoms with Gasteiger partial charge in [-0.05, 0) is 28.1 Å². The van der Waals surface area contributed by atoms with Gasteiger partial charge in [0.05, 0.1) is 5.39 Å². The number of fused-ring (bicyclic) bond motifs is 1. The molecule has 2 nitrogen and oxygen atoms in total. The van der Waals surface area contributed by atoms with Gasteiger partial charge in [0.25, 0.3) is 0 Å². The molecule has 16 heavy (non-hydrogen) atoms. The van der Waals surface area contributed by atoms with Crippen LogP contribution >= 0.6 is 15.9 Å². The van der Waals surface area contributed by atoms with Gasteiger partial charge in [0.15, 0.2) is 5.76 Å². The second kappa shape index (κ2) is 3.76. The number of aromatic nitrogens is 1. The summed E-state index contributed by atoms with van der Waals surface area (Å²) in [5, 5.41) is 5.10. The third-order valence-corrected chi connectivity index (χ3v) is 3.14. The first-order chi connectivity index (χ1) is 7.86. The summed E-state index contributed by atoms with van der Waals surface area (Å²) >= 11 is 3.46. The zero-order valence-corrected chi connectivity index (χ0v) is 9.94. The molecule has 0 saturated carbocycles. The van der Waals surface area contributed by atoms with Crippen molar-refractivity contribution in [3.63, 3.8) is 0 Å². The van der Waals surface area contributed by atoms with E-state index in [0.717, 1.165) is 26.7 Å². The lowest BCUT2D eigenvalue weighted by molar-refractivity contribution is 0.440. The van der Waals surface area contributed by atoms with Crippen LogP contribution in [0.2, 0.25) is 0 Å². The fourth-order valence-electron chi connectivity index (χ4n) is 1.73. The van der Waals surface area contributed by atoms with Crippen LogP contribution in [-0.4, -0.2) is 5.16 Å². The Morgan fingerprint density at radius 3 is 2.56 bits per heavy atom. The van der Waals surface area contributed by atoms with Crippen LogP contribution < -0.4 is 0 Å². The Kier molecular flexibility index (Phi) is 2.26. The maximum atomic E-state index is 5.40. The Morgan fingerprint density at radius 1 is 0.938 bits per heavy atom. The predicted octanol–water partition coefficient (Wildman–Crippen LogP) is 4.26. The Balaban J connectivity index is 2.30. The van der Waals surface area contributed by atoms with Crippen LogP contribution in [-0.2, 0) is 0 Å². The molecule has 0 atom stereocenters. The minimum atomic E-state index is 0.817. The average Bonchev–Trinajstić information content (AvgIpc) is 2.75. The summed E-state index contributed by atoms with van der Waals surface area (Å²) < 4.78 is 6.36. The molecule has 0 aliphatic heterocycles. The number of hydrogen-bond acceptors (Lipinski definition) is 2. The third kappa shape index (κ3) is 1.44. The Morgan fingerprint density at radius 2 is 1.75 bits per heavy atom. The lowest BCUT2D eigenvalue weighted by Gasteiger charge is -1.95. The maximum absolute atomic E-state index is 5.40. The molecular formula is C13H8BrNO. The Bertz CT molecular complexity index is 631. The summed E-state index contributed by atoms with van der Waals surface area (Å²) in [6, 6.07) is 15.9. The summed E-state index contributed by atoms with van der Waals surface area (Å²) in [6.45, 7) is 0. The fraction of sp³-hybridized carbons (Fsp3) is 0. The van der Waals surface area contributed by atoms with Crippen molar-refractivity contribution in [1.29, 1.82) is 0 Å². The lowest BCUT2D eigenvalue weighted by atomic mass is 10.1. The summed E-state index contributed by atoms with van der Waals surface area (Å²) in [6.07, 6.45) is 0. The van der Waals surface area contributed by atoms with Crippen molar-refractivity contribution in [1.82, 2.24) is 5.16 Å². The number of rotatable bonds is 1. The van der Waals surface area contributed by atoms with E-state index in [0.29, 0.717) is 0 Å². The van der Waals surface area contributed by atoms with Crippen LogP contribution in [0, 0.1) is 0 Å². The number of benzene rings is 2. The molecule has 78 valence electrons. The molecule has 1 heterocycles. The van der Waals surface area contributed by atoms with Crippen molar-refractivity contribution < 1.29 is 4.52 Å². The minimum Gasteiger partial charge on any atom is -0.355 e. The van der Waals surface area contributed by atoms with E-state index >= 15 is 0 Å². The highest BCUT2D eigenvalue weighted by molar-refractivity contribution is 9.10. The van der Waals surface area contributed by atoms with Crippen LogP contribution in [0.25, 0.3) is 22.2 Å². The van der Waals surface area contributed by atoms with Crippen molar-refractivity contribution in [2.75, 3.05) is 0 Å². The van der Waals surface area contributed by atoms with Gasteiger partial charge in [-0.15, -0.1) is 0 Å². The normalized spacial score (nSPS) is 10.8. The van der Waals surface area contributed by atoms with Crippen molar-refractivity contribution >= 4 is 26.8 Å². The molecule has 0 aliphatic carbocycles. The van der Waals surface area contributed by atoms with Gasteiger partial charge in [-0.1, -0.05) is 41.6 Å². The van der Waals surface area contributed by atoms with Crippen LogP contribution in [0.3, 0.4) is 0 Å². The molecule has 2 aromatic carbocycles. The first-order valence-electron chi connectivity index (χ1n) is 4.95. The highest BCUT2D eigenvalue weighted by Crippen LogP contribution is 2.31. The molecule has 0 radical (unpaired) electrons. The van der Waals surface area contributed by atoms with Gasteiger partial charge in [0, 0.05) is 10.0 Å². The summed E-state index contributed by atoms with van der Waals surface area (Å²) in [4.78, 5) is 0. The quantitative estimate of drug-likeness (QED) is 0.662. The van der Waals surface area contributed by atoms with Gasteiger partial charge in [-0.2, -0.15) is 0 Å². The predicted molar refractivity (Wildman–Crippen MR) is 67.1 cm³/mol. The van der Waals surface area contributed by atoms with Crippen LogP contribution in [0.1, 0.15) is 0 Å². The zero-order valence-electron chi connectivity index (χ0n) is 8.35. The Labute approximate surface area is 101 Å². The van der Waals surface area contributed by atoms with Gasteiger partial charge in [-0.25, -0.2) is 0 Å². The molecule has 0 aliphatic rings. The average molecular weight is 274 g/mol. The maximum Gasteiger partial charge on any atom is 0.174 e. The summed E-state index contributed by atoms with van der Waals surface area (Å²) in [7, 11) is 0. The largest absolute Gasteiger partial charge is 0.355 e. The monoisotopic (exact) mass is 273 g/mol. The van der Waals surface area contributed by atoms with Gasteiger partial charge >= 0.3 is 0 Å². The number of nitrogens with zero attached hydrogens (tertiary/aromatic N) is 1. The lowest BCUT2D eigenvalue weighted by Crippen LogP contribution is -1.74. The molecule has 0 saturated heterocycles. The molecule has 3 aromatic rings. The molecule has 1 aromatic heterocycles. The van der Waals surface area contributed by atoms with Crippen LogP contribution in [0.15, 0.2) is 57.5 Å². The van der Waals surface area contributed by atoms with Crippen LogP contribution in [0.4, 0.5) is 0 Å². The third-order valence-electron chi connectivity index (χ3n) is 2.50. The highest BCUT2D eigenvalue weighted by atomic mass is 79.9. The fourth-order valence-corrected chi connectivity index (χ4v) is 2.17. The van der Waals surface area contributed by atoms with Gasteiger partial charge in [0.2, 0.25) is 0 Å². The molecule has 3 rings (SSSR count). The van der Waals surface area contributed by atoms with Crippen molar-refractivity contribution in [2.45, 2.75) is 0 Å². The molecule has 0 spiro atoms. The first kappa shape index (κ1) is 9.60. The molecule has 0 unspecified atom stereocenters. The molecule has 0 bridgehead atoms. The standard InChI is InChI=1S/C13H8BrNO/c14-11-8-4-7-10-12(11)15-16-13(10)9-5-2-1-3-6-9/h1-8H. The van der Waals surface area contributed by atoms with E-state index in [9.17, 15) is 0 Å². The zero-order chi connectivity index (χ0) is 11.0. The Hall–Kier alpha value is -1.61. The second-order valence-electron chi connectivity index (χ2n) is 3.51. The van der Waals surface area contributed by atoms with Gasteiger partial charge in [0.1, 0.15) is 5.52 Å². The summed E-state index contributed by atoms with van der Waals surface area (Å²) in [5.74, 6) is 0.817. The molecular weight excluding hydrogens is 266 g/mol. The molecule has 3 heteroatoms. The highest BCUT2D eigenvalue weighted by Gasteiger charge is 2.11. The number of hydrogen-bond donors (Lipinski definition) is 0. The molecule has 0 N–H and O–H groups in total. The van der Waals surface area contributed by atoms with Gasteiger partial charge < -0.3 is 4.52 Å². The van der Waals surface area contributed by atoms with E-state index in [1.165, 1.54) is 0 Å². The van der Waals surface area contributed by atoms with E-state index in [1.54, 1.807) is 0 Å². The van der Waals surface area contributed by atoms with Crippen molar-refractivity contribution in [2.24, 2.45) is 0 Å². The number of halogens is 1. The minimum absolute atomic E-state index is 0.817. The smallest absolute Gasteiger partial charge is 0.174 e. The van der Waals surface area contributed by atoms with E-state index < -0.39 is 0 Å². The van der Waals surface area contributed by atoms with Gasteiger partial charge in [-0.3, -0.25) is 0 Å².